The number of rotatable bonds is 7. The van der Waals surface area contributed by atoms with Crippen LogP contribution in [-0.4, -0.2) is 44.5 Å². The van der Waals surface area contributed by atoms with E-state index in [1.165, 1.54) is 18.4 Å². The molecule has 1 amide bonds. The molecule has 0 saturated heterocycles. The smallest absolute Gasteiger partial charge is 0.341 e. The zero-order valence-corrected chi connectivity index (χ0v) is 18.1. The van der Waals surface area contributed by atoms with E-state index in [1.54, 1.807) is 12.1 Å². The van der Waals surface area contributed by atoms with Crippen LogP contribution in [0.2, 0.25) is 0 Å². The van der Waals surface area contributed by atoms with Gasteiger partial charge in [0.05, 0.1) is 25.5 Å². The van der Waals surface area contributed by atoms with Gasteiger partial charge in [-0.05, 0) is 36.8 Å². The van der Waals surface area contributed by atoms with Crippen LogP contribution in [0.1, 0.15) is 39.2 Å². The van der Waals surface area contributed by atoms with Crippen LogP contribution in [-0.2, 0) is 38.9 Å². The Morgan fingerprint density at radius 2 is 1.86 bits per heavy atom. The molecule has 1 aromatic carbocycles. The first kappa shape index (κ1) is 21.5. The largest absolute Gasteiger partial charge is 0.465 e. The summed E-state index contributed by atoms with van der Waals surface area (Å²) in [5.41, 5.74) is 2.12. The van der Waals surface area contributed by atoms with Crippen molar-refractivity contribution in [3.63, 3.8) is 0 Å². The molecule has 0 unspecified atom stereocenters. The first-order chi connectivity index (χ1) is 13.8. The van der Waals surface area contributed by atoms with Crippen molar-refractivity contribution in [3.05, 3.63) is 51.9 Å². The number of hydrogen-bond donors (Lipinski definition) is 1. The third-order valence-electron chi connectivity index (χ3n) is 4.80. The Bertz CT molecular complexity index is 999. The van der Waals surface area contributed by atoms with Crippen LogP contribution < -0.4 is 5.32 Å². The van der Waals surface area contributed by atoms with E-state index in [0.717, 1.165) is 52.2 Å². The van der Waals surface area contributed by atoms with Gasteiger partial charge in [-0.3, -0.25) is 4.79 Å². The second kappa shape index (κ2) is 9.06. The van der Waals surface area contributed by atoms with Crippen molar-refractivity contribution >= 4 is 38.2 Å². The number of carbonyl (C=O) groups is 2. The van der Waals surface area contributed by atoms with E-state index in [1.807, 2.05) is 18.2 Å². The van der Waals surface area contributed by atoms with Crippen LogP contribution in [0, 0.1) is 0 Å². The highest BCUT2D eigenvalue weighted by Crippen LogP contribution is 2.38. The minimum absolute atomic E-state index is 0.0951. The maximum absolute atomic E-state index is 12.7. The molecule has 1 aliphatic rings. The van der Waals surface area contributed by atoms with Crippen LogP contribution in [0.4, 0.5) is 5.00 Å². The molecule has 156 valence electrons. The Morgan fingerprint density at radius 1 is 1.17 bits per heavy atom. The fourth-order valence-electron chi connectivity index (χ4n) is 3.38. The number of ether oxygens (including phenoxy) is 1. The van der Waals surface area contributed by atoms with Gasteiger partial charge in [0.1, 0.15) is 5.00 Å². The third kappa shape index (κ3) is 5.23. The van der Waals surface area contributed by atoms with Crippen LogP contribution in [0.25, 0.3) is 0 Å². The Balaban J connectivity index is 1.80. The first-order valence-electron chi connectivity index (χ1n) is 9.31. The molecule has 0 saturated carbocycles. The summed E-state index contributed by atoms with van der Waals surface area (Å²) in [7, 11) is -2.29. The summed E-state index contributed by atoms with van der Waals surface area (Å²) in [4.78, 5) is 26.1. The van der Waals surface area contributed by atoms with Crippen LogP contribution in [0.3, 0.4) is 0 Å². The minimum atomic E-state index is -3.60. The summed E-state index contributed by atoms with van der Waals surface area (Å²) in [5, 5.41) is 3.18. The SMILES string of the molecule is COC(=O)c1c(NC(=O)CN(Cc2ccccc2)S(C)(=O)=O)sc2c1CCCC2. The molecule has 7 nitrogen and oxygen atoms in total. The highest BCUT2D eigenvalue weighted by Gasteiger charge is 2.28. The number of aryl methyl sites for hydroxylation is 1. The minimum Gasteiger partial charge on any atom is -0.465 e. The summed E-state index contributed by atoms with van der Waals surface area (Å²) in [6.07, 6.45) is 4.74. The van der Waals surface area contributed by atoms with Gasteiger partial charge in [0, 0.05) is 11.4 Å². The highest BCUT2D eigenvalue weighted by atomic mass is 32.2. The van der Waals surface area contributed by atoms with Gasteiger partial charge in [0.2, 0.25) is 15.9 Å². The number of nitrogens with one attached hydrogen (secondary N) is 1. The van der Waals surface area contributed by atoms with Crippen molar-refractivity contribution in [2.24, 2.45) is 0 Å². The number of nitrogens with zero attached hydrogens (tertiary/aromatic N) is 1. The number of thiophene rings is 1. The summed E-state index contributed by atoms with van der Waals surface area (Å²) in [6, 6.07) is 9.08. The zero-order valence-electron chi connectivity index (χ0n) is 16.4. The summed E-state index contributed by atoms with van der Waals surface area (Å²) >= 11 is 1.37. The predicted octanol–water partition coefficient (Wildman–Crippen LogP) is 2.81. The van der Waals surface area contributed by atoms with Gasteiger partial charge in [0.15, 0.2) is 0 Å². The van der Waals surface area contributed by atoms with Gasteiger partial charge in [-0.25, -0.2) is 13.2 Å². The van der Waals surface area contributed by atoms with E-state index in [-0.39, 0.29) is 13.1 Å². The molecule has 1 aromatic heterocycles. The standard InChI is InChI=1S/C20H24N2O5S2/c1-27-20(24)18-15-10-6-7-11-16(15)28-19(18)21-17(23)13-22(29(2,25)26)12-14-8-4-3-5-9-14/h3-5,8-9H,6-7,10-13H2,1-2H3,(H,21,23). The Hall–Kier alpha value is -2.23. The van der Waals surface area contributed by atoms with Crippen molar-refractivity contribution in [1.82, 2.24) is 4.31 Å². The molecule has 1 heterocycles. The average molecular weight is 437 g/mol. The number of fused-ring (bicyclic) bond motifs is 1. The van der Waals surface area contributed by atoms with E-state index in [0.29, 0.717) is 10.6 Å². The maximum atomic E-state index is 12.7. The lowest BCUT2D eigenvalue weighted by atomic mass is 9.95. The number of benzene rings is 1. The molecule has 0 spiro atoms. The fraction of sp³-hybridized carbons (Fsp3) is 0.400. The summed E-state index contributed by atoms with van der Waals surface area (Å²) < 4.78 is 30.4. The predicted molar refractivity (Wildman–Crippen MR) is 113 cm³/mol. The van der Waals surface area contributed by atoms with E-state index < -0.39 is 21.9 Å². The van der Waals surface area contributed by atoms with Crippen molar-refractivity contribution in [2.45, 2.75) is 32.2 Å². The van der Waals surface area contributed by atoms with Crippen LogP contribution in [0.5, 0.6) is 0 Å². The fourth-order valence-corrected chi connectivity index (χ4v) is 5.40. The van der Waals surface area contributed by atoms with Gasteiger partial charge in [-0.15, -0.1) is 11.3 Å². The number of anilines is 1. The van der Waals surface area contributed by atoms with E-state index in [2.05, 4.69) is 5.32 Å². The van der Waals surface area contributed by atoms with Crippen LogP contribution in [0.15, 0.2) is 30.3 Å². The molecular formula is C20H24N2O5S2. The number of carbonyl (C=O) groups excluding carboxylic acids is 2. The normalized spacial score (nSPS) is 13.8. The maximum Gasteiger partial charge on any atom is 0.341 e. The molecule has 1 N–H and O–H groups in total. The van der Waals surface area contributed by atoms with E-state index >= 15 is 0 Å². The van der Waals surface area contributed by atoms with Crippen molar-refractivity contribution in [3.8, 4) is 0 Å². The quantitative estimate of drug-likeness (QED) is 0.674. The Kier molecular flexibility index (Phi) is 6.71. The monoisotopic (exact) mass is 436 g/mol. The van der Waals surface area contributed by atoms with Crippen LogP contribution >= 0.6 is 11.3 Å². The average Bonchev–Trinajstić information content (AvgIpc) is 3.04. The van der Waals surface area contributed by atoms with Crippen molar-refractivity contribution < 1.29 is 22.7 Å². The molecule has 1 aliphatic carbocycles. The highest BCUT2D eigenvalue weighted by molar-refractivity contribution is 7.88. The molecule has 3 rings (SSSR count). The number of hydrogen-bond acceptors (Lipinski definition) is 6. The zero-order chi connectivity index (χ0) is 21.0. The molecule has 0 bridgehead atoms. The number of esters is 1. The summed E-state index contributed by atoms with van der Waals surface area (Å²) in [6.45, 7) is -0.241. The molecule has 0 aliphatic heterocycles. The number of amides is 1. The molecule has 9 heteroatoms. The van der Waals surface area contributed by atoms with Gasteiger partial charge in [-0.2, -0.15) is 4.31 Å². The van der Waals surface area contributed by atoms with Gasteiger partial charge >= 0.3 is 5.97 Å². The van der Waals surface area contributed by atoms with E-state index in [9.17, 15) is 18.0 Å². The Morgan fingerprint density at radius 3 is 2.52 bits per heavy atom. The second-order valence-electron chi connectivity index (χ2n) is 6.97. The third-order valence-corrected chi connectivity index (χ3v) is 7.21. The molecule has 0 fully saturated rings. The lowest BCUT2D eigenvalue weighted by Crippen LogP contribution is -2.37. The van der Waals surface area contributed by atoms with Gasteiger partial charge in [-0.1, -0.05) is 30.3 Å². The molecular weight excluding hydrogens is 412 g/mol. The topological polar surface area (TPSA) is 92.8 Å². The van der Waals surface area contributed by atoms with Crippen molar-refractivity contribution in [2.75, 3.05) is 25.2 Å². The lowest BCUT2D eigenvalue weighted by molar-refractivity contribution is -0.116. The number of methoxy groups -OCH3 is 1. The first-order valence-corrected chi connectivity index (χ1v) is 12.0. The molecule has 0 atom stereocenters. The Labute approximate surface area is 174 Å². The molecule has 2 aromatic rings. The van der Waals surface area contributed by atoms with E-state index in [4.69, 9.17) is 4.74 Å². The van der Waals surface area contributed by atoms with Gasteiger partial charge < -0.3 is 10.1 Å². The van der Waals surface area contributed by atoms with Crippen molar-refractivity contribution in [1.29, 1.82) is 0 Å². The summed E-state index contributed by atoms with van der Waals surface area (Å²) in [5.74, 6) is -0.973. The molecule has 29 heavy (non-hydrogen) atoms. The molecule has 0 radical (unpaired) electrons. The second-order valence-corrected chi connectivity index (χ2v) is 10.1. The lowest BCUT2D eigenvalue weighted by Gasteiger charge is -2.19. The van der Waals surface area contributed by atoms with Gasteiger partial charge in [0.25, 0.3) is 0 Å². The number of sulfonamides is 1.